The van der Waals surface area contributed by atoms with Crippen molar-refractivity contribution in [3.63, 3.8) is 0 Å². The number of carbonyl (C=O) groups excluding carboxylic acids is 2. The fourth-order valence-corrected chi connectivity index (χ4v) is 3.73. The van der Waals surface area contributed by atoms with Crippen LogP contribution in [-0.4, -0.2) is 35.9 Å². The van der Waals surface area contributed by atoms with E-state index < -0.39 is 6.04 Å². The first-order valence-corrected chi connectivity index (χ1v) is 9.82. The third kappa shape index (κ3) is 4.86. The van der Waals surface area contributed by atoms with Crippen LogP contribution < -0.4 is 10.1 Å². The summed E-state index contributed by atoms with van der Waals surface area (Å²) in [6, 6.07) is 12.4. The normalized spacial score (nSPS) is 16.0. The fourth-order valence-electron chi connectivity index (χ4n) is 3.05. The van der Waals surface area contributed by atoms with Crippen molar-refractivity contribution in [2.75, 3.05) is 18.5 Å². The van der Waals surface area contributed by atoms with Crippen molar-refractivity contribution >= 4 is 28.8 Å². The number of rotatable bonds is 7. The van der Waals surface area contributed by atoms with Crippen LogP contribution in [0, 0.1) is 11.3 Å². The van der Waals surface area contributed by atoms with Crippen LogP contribution in [0.3, 0.4) is 0 Å². The molecule has 7 heteroatoms. The molecule has 1 atom stereocenters. The second-order valence-corrected chi connectivity index (χ2v) is 7.21. The van der Waals surface area contributed by atoms with Gasteiger partial charge in [-0.25, -0.2) is 0 Å². The van der Waals surface area contributed by atoms with Gasteiger partial charge in [0.2, 0.25) is 5.91 Å². The number of nitrogens with one attached hydrogen (secondary N) is 1. The van der Waals surface area contributed by atoms with Gasteiger partial charge in [0.1, 0.15) is 11.8 Å². The van der Waals surface area contributed by atoms with Crippen LogP contribution in [0.5, 0.6) is 5.75 Å². The minimum absolute atomic E-state index is 0.0859. The molecule has 1 aromatic carbocycles. The fraction of sp³-hybridized carbons (Fsp3) is 0.350. The van der Waals surface area contributed by atoms with Gasteiger partial charge in [-0.05, 0) is 42.8 Å². The highest BCUT2D eigenvalue weighted by molar-refractivity contribution is 7.12. The van der Waals surface area contributed by atoms with Crippen molar-refractivity contribution in [2.45, 2.75) is 31.7 Å². The molecule has 140 valence electrons. The molecule has 1 aliphatic rings. The van der Waals surface area contributed by atoms with Crippen molar-refractivity contribution < 1.29 is 14.3 Å². The molecule has 2 aromatic rings. The predicted octanol–water partition coefficient (Wildman–Crippen LogP) is 3.67. The van der Waals surface area contributed by atoms with Gasteiger partial charge in [0.05, 0.1) is 17.6 Å². The van der Waals surface area contributed by atoms with Gasteiger partial charge in [-0.1, -0.05) is 12.1 Å². The summed E-state index contributed by atoms with van der Waals surface area (Å²) in [6.45, 7) is 1.05. The van der Waals surface area contributed by atoms with Gasteiger partial charge in [-0.2, -0.15) is 5.26 Å². The monoisotopic (exact) mass is 383 g/mol. The molecule has 27 heavy (non-hydrogen) atoms. The quantitative estimate of drug-likeness (QED) is 0.740. The first kappa shape index (κ1) is 18.9. The lowest BCUT2D eigenvalue weighted by Crippen LogP contribution is -2.42. The average molecular weight is 383 g/mol. The molecule has 1 fully saturated rings. The lowest BCUT2D eigenvalue weighted by molar-refractivity contribution is -0.119. The maximum Gasteiger partial charge on any atom is 0.264 e. The van der Waals surface area contributed by atoms with Gasteiger partial charge >= 0.3 is 0 Å². The molecule has 1 aromatic heterocycles. The number of ether oxygens (including phenoxy) is 1. The highest BCUT2D eigenvalue weighted by atomic mass is 32.1. The van der Waals surface area contributed by atoms with E-state index in [-0.39, 0.29) is 11.8 Å². The Labute approximate surface area is 162 Å². The molecule has 0 bridgehead atoms. The van der Waals surface area contributed by atoms with E-state index in [1.165, 1.54) is 11.3 Å². The predicted molar refractivity (Wildman–Crippen MR) is 104 cm³/mol. The van der Waals surface area contributed by atoms with E-state index in [2.05, 4.69) is 11.4 Å². The molecule has 1 N–H and O–H groups in total. The number of carbonyl (C=O) groups is 2. The van der Waals surface area contributed by atoms with Crippen LogP contribution in [-0.2, 0) is 4.79 Å². The molecule has 1 aliphatic heterocycles. The molecule has 0 spiro atoms. The van der Waals surface area contributed by atoms with Crippen molar-refractivity contribution in [3.05, 3.63) is 46.7 Å². The summed E-state index contributed by atoms with van der Waals surface area (Å²) in [6.07, 6.45) is 2.59. The molecule has 6 nitrogen and oxygen atoms in total. The Kier molecular flexibility index (Phi) is 6.44. The van der Waals surface area contributed by atoms with Crippen LogP contribution in [0.15, 0.2) is 41.8 Å². The first-order chi connectivity index (χ1) is 13.2. The number of unbranched alkanes of at least 4 members (excludes halogenated alkanes) is 1. The maximum atomic E-state index is 12.7. The van der Waals surface area contributed by atoms with Crippen LogP contribution in [0.1, 0.15) is 35.4 Å². The highest BCUT2D eigenvalue weighted by Crippen LogP contribution is 2.24. The molecule has 0 radical (unpaired) electrons. The number of amides is 2. The molecule has 0 unspecified atom stereocenters. The Morgan fingerprint density at radius 1 is 1.33 bits per heavy atom. The van der Waals surface area contributed by atoms with Gasteiger partial charge < -0.3 is 15.0 Å². The van der Waals surface area contributed by atoms with Gasteiger partial charge in [0.25, 0.3) is 5.91 Å². The van der Waals surface area contributed by atoms with Gasteiger partial charge in [0, 0.05) is 24.7 Å². The summed E-state index contributed by atoms with van der Waals surface area (Å²) in [4.78, 5) is 27.7. The van der Waals surface area contributed by atoms with Crippen LogP contribution in [0.2, 0.25) is 0 Å². The SMILES string of the molecule is N#CCCCOc1cccc(NC(=O)[C@@H]2CCCN2C(=O)c2cccs2)c1. The molecule has 2 heterocycles. The Morgan fingerprint density at radius 2 is 2.22 bits per heavy atom. The second-order valence-electron chi connectivity index (χ2n) is 6.26. The minimum Gasteiger partial charge on any atom is -0.493 e. The van der Waals surface area contributed by atoms with E-state index in [1.54, 1.807) is 29.2 Å². The molecular formula is C20H21N3O3S. The Hall–Kier alpha value is -2.85. The average Bonchev–Trinajstić information content (AvgIpc) is 3.37. The summed E-state index contributed by atoms with van der Waals surface area (Å²) >= 11 is 1.39. The standard InChI is InChI=1S/C20H21N3O3S/c21-10-1-2-12-26-16-7-3-6-15(14-16)22-19(24)17-8-4-11-23(17)20(25)18-9-5-13-27-18/h3,5-7,9,13-14,17H,1-2,4,8,11-12H2,(H,22,24)/t17-/m0/s1. The molecule has 0 saturated carbocycles. The van der Waals surface area contributed by atoms with Crippen molar-refractivity contribution in [1.29, 1.82) is 5.26 Å². The summed E-state index contributed by atoms with van der Waals surface area (Å²) in [5.41, 5.74) is 0.633. The highest BCUT2D eigenvalue weighted by Gasteiger charge is 2.34. The number of nitriles is 1. The molecule has 3 rings (SSSR count). The van der Waals surface area contributed by atoms with Crippen LogP contribution in [0.4, 0.5) is 5.69 Å². The molecule has 1 saturated heterocycles. The Balaban J connectivity index is 1.61. The second kappa shape index (κ2) is 9.19. The maximum absolute atomic E-state index is 12.7. The lowest BCUT2D eigenvalue weighted by atomic mass is 10.2. The van der Waals surface area contributed by atoms with E-state index in [4.69, 9.17) is 10.00 Å². The number of benzene rings is 1. The Morgan fingerprint density at radius 3 is 3.00 bits per heavy atom. The summed E-state index contributed by atoms with van der Waals surface area (Å²) in [5, 5.41) is 13.3. The van der Waals surface area contributed by atoms with E-state index >= 15 is 0 Å². The van der Waals surface area contributed by atoms with Crippen LogP contribution >= 0.6 is 11.3 Å². The number of nitrogens with zero attached hydrogens (tertiary/aromatic N) is 2. The minimum atomic E-state index is -0.459. The van der Waals surface area contributed by atoms with Crippen LogP contribution in [0.25, 0.3) is 0 Å². The van der Waals surface area contributed by atoms with Crippen molar-refractivity contribution in [3.8, 4) is 11.8 Å². The van der Waals surface area contributed by atoms with E-state index in [0.717, 1.165) is 6.42 Å². The number of likely N-dealkylation sites (tertiary alicyclic amines) is 1. The van der Waals surface area contributed by atoms with Gasteiger partial charge in [-0.3, -0.25) is 9.59 Å². The summed E-state index contributed by atoms with van der Waals surface area (Å²) < 4.78 is 5.60. The summed E-state index contributed by atoms with van der Waals surface area (Å²) in [7, 11) is 0. The smallest absolute Gasteiger partial charge is 0.264 e. The molecule has 0 aliphatic carbocycles. The molecular weight excluding hydrogens is 362 g/mol. The number of hydrogen-bond acceptors (Lipinski definition) is 5. The van der Waals surface area contributed by atoms with Crippen molar-refractivity contribution in [1.82, 2.24) is 4.90 Å². The summed E-state index contributed by atoms with van der Waals surface area (Å²) in [5.74, 6) is 0.375. The van der Waals surface area contributed by atoms with Gasteiger partial charge in [0.15, 0.2) is 0 Å². The third-order valence-corrected chi connectivity index (χ3v) is 5.21. The van der Waals surface area contributed by atoms with Gasteiger partial charge in [-0.15, -0.1) is 11.3 Å². The zero-order valence-electron chi connectivity index (χ0n) is 14.9. The van der Waals surface area contributed by atoms with Crippen molar-refractivity contribution in [2.24, 2.45) is 0 Å². The third-order valence-electron chi connectivity index (χ3n) is 4.35. The topological polar surface area (TPSA) is 82.4 Å². The number of anilines is 1. The van der Waals surface area contributed by atoms with E-state index in [1.807, 2.05) is 17.5 Å². The Bertz CT molecular complexity index is 829. The zero-order valence-corrected chi connectivity index (χ0v) is 15.7. The zero-order chi connectivity index (χ0) is 19.1. The van der Waals surface area contributed by atoms with E-state index in [9.17, 15) is 9.59 Å². The van der Waals surface area contributed by atoms with E-state index in [0.29, 0.717) is 48.7 Å². The number of hydrogen-bond donors (Lipinski definition) is 1. The number of thiophene rings is 1. The largest absolute Gasteiger partial charge is 0.493 e. The first-order valence-electron chi connectivity index (χ1n) is 8.94. The lowest BCUT2D eigenvalue weighted by Gasteiger charge is -2.23. The molecule has 2 amide bonds.